The molecule has 0 aromatic heterocycles. The van der Waals surface area contributed by atoms with Crippen LogP contribution in [0.5, 0.6) is 34.5 Å². The molecule has 93 heavy (non-hydrogen) atoms. The molecule has 2 spiro atoms. The quantitative estimate of drug-likeness (QED) is 0.115. The van der Waals surface area contributed by atoms with Crippen LogP contribution in [-0.2, 0) is 51.0 Å². The Balaban J connectivity index is 0.000000159. The molecule has 2 aromatic carbocycles. The number of phenolic OH excluding ortho intramolecular Hbond substituents is 2. The Morgan fingerprint density at radius 1 is 0.538 bits per heavy atom. The van der Waals surface area contributed by atoms with E-state index in [0.717, 1.165) is 59.1 Å². The monoisotopic (exact) mass is 1270 g/mol. The highest BCUT2D eigenvalue weighted by molar-refractivity contribution is 6.20. The minimum absolute atomic E-state index is 0. The van der Waals surface area contributed by atoms with Crippen molar-refractivity contribution in [3.8, 4) is 34.5 Å². The van der Waals surface area contributed by atoms with Crippen molar-refractivity contribution in [3.05, 3.63) is 104 Å². The SMILES string of the molecule is C.CC(C)=CCc1c2c(c(O)c3c1O[C@@]1(C)CCC4C3C1C4(C)C)C(=O)C1=CC3CC4C(C)(C)O[C@](C/C=C(/C)OC=O)(C3=O)[C@@]14O2.CC(C)=CCc1c2c(c(O)c3c1O[C@]1(C)CCC4C3C1C4(C)C)C(=O)C1=CC3CC4C(C)(C)O[C@](C/C=C(/C)OC=O)(C3=O)[C@@]14O2. The van der Waals surface area contributed by atoms with Gasteiger partial charge in [0.15, 0.2) is 45.5 Å². The number of Topliss-reactive ketones (excluding diaryl/α,β-unsaturated/α-hetero) is 4. The van der Waals surface area contributed by atoms with Crippen molar-refractivity contribution in [1.29, 1.82) is 0 Å². The van der Waals surface area contributed by atoms with Gasteiger partial charge in [0.05, 0.1) is 11.2 Å². The molecule has 2 aromatic rings. The van der Waals surface area contributed by atoms with Crippen molar-refractivity contribution in [2.75, 3.05) is 0 Å². The normalized spacial score (nSPS) is 39.1. The smallest absolute Gasteiger partial charge is 0.298 e. The van der Waals surface area contributed by atoms with Gasteiger partial charge in [-0.1, -0.05) is 70.6 Å². The predicted octanol–water partition coefficient (Wildman–Crippen LogP) is 14.0. The number of ketones is 4. The van der Waals surface area contributed by atoms with Crippen LogP contribution >= 0.6 is 0 Å². The summed E-state index contributed by atoms with van der Waals surface area (Å²) in [5, 5.41) is 24.5. The highest BCUT2D eigenvalue weighted by atomic mass is 16.6. The molecule has 6 aliphatic heterocycles. The summed E-state index contributed by atoms with van der Waals surface area (Å²) in [7, 11) is 0. The van der Waals surface area contributed by atoms with E-state index in [1.54, 1.807) is 38.2 Å². The van der Waals surface area contributed by atoms with Crippen molar-refractivity contribution in [2.24, 2.45) is 58.2 Å². The molecule has 16 atom stereocenters. The molecule has 16 nitrogen and oxygen atoms in total. The first-order chi connectivity index (χ1) is 43.1. The fraction of sp³-hybridized carbons (Fsp3) is 0.610. The van der Waals surface area contributed by atoms with Crippen LogP contribution in [0.4, 0.5) is 0 Å². The lowest BCUT2D eigenvalue weighted by Gasteiger charge is -2.70. The van der Waals surface area contributed by atoms with Gasteiger partial charge in [0.1, 0.15) is 68.3 Å². The fourth-order valence-corrected chi connectivity index (χ4v) is 22.7. The van der Waals surface area contributed by atoms with E-state index >= 15 is 0 Å². The largest absolute Gasteiger partial charge is 0.507 e. The molecule has 496 valence electrons. The number of hydrogen-bond acceptors (Lipinski definition) is 16. The van der Waals surface area contributed by atoms with Crippen LogP contribution in [0, 0.1) is 58.2 Å². The zero-order valence-corrected chi connectivity index (χ0v) is 56.1. The third-order valence-corrected chi connectivity index (χ3v) is 26.1. The second-order valence-electron chi connectivity index (χ2n) is 32.8. The van der Waals surface area contributed by atoms with Crippen LogP contribution in [0.25, 0.3) is 0 Å². The Morgan fingerprint density at radius 3 is 1.24 bits per heavy atom. The number of aromatic hydroxyl groups is 2. The van der Waals surface area contributed by atoms with Gasteiger partial charge in [-0.3, -0.25) is 28.8 Å². The summed E-state index contributed by atoms with van der Waals surface area (Å²) < 4.78 is 52.4. The summed E-state index contributed by atoms with van der Waals surface area (Å²) in [4.78, 5) is 80.9. The molecule has 0 radical (unpaired) electrons. The lowest BCUT2D eigenvalue weighted by atomic mass is 9.37. The molecule has 2 N–H and O–H groups in total. The van der Waals surface area contributed by atoms with Crippen LogP contribution < -0.4 is 18.9 Å². The van der Waals surface area contributed by atoms with Gasteiger partial charge in [-0.05, 0) is 169 Å². The van der Waals surface area contributed by atoms with E-state index in [1.807, 2.05) is 55.4 Å². The number of carbonyl (C=O) groups excluding carboxylic acids is 6. The maximum Gasteiger partial charge on any atom is 0.298 e. The molecule has 16 bridgehead atoms. The van der Waals surface area contributed by atoms with E-state index in [1.165, 1.54) is 0 Å². The van der Waals surface area contributed by atoms with E-state index in [0.29, 0.717) is 96.1 Å². The minimum Gasteiger partial charge on any atom is -0.507 e. The van der Waals surface area contributed by atoms with Gasteiger partial charge in [0.2, 0.25) is 0 Å². The van der Waals surface area contributed by atoms with Crippen LogP contribution in [-0.4, -0.2) is 91.1 Å². The standard InChI is InChI=1S/2C38H44O8.CH4/c2*1-18(2)9-10-21-30-26(25-22-12-13-36(8,44-30)32(25)34(22,4)5)29(41)27-28(40)23-15-20-16-24-35(6,7)46-37(33(20)42,14-11-19(3)43-17-39)38(23,24)45-31(21)27;/h2*9,11,15,17,20,22,24-25,32,41H,10,12-14,16H2,1-8H3;1H4/b2*19-11-;/t20?,22?,24?,25?,32?,36-,37+,38+;20?,22?,24?,25?,32?,36-,37-,38-;/m01./s1. The lowest BCUT2D eigenvalue weighted by molar-refractivity contribution is -0.214. The second-order valence-corrected chi connectivity index (χ2v) is 32.8. The number of rotatable bonds is 12. The Labute approximate surface area is 545 Å². The van der Waals surface area contributed by atoms with Crippen LogP contribution in [0.2, 0.25) is 0 Å². The maximum atomic E-state index is 15.0. The van der Waals surface area contributed by atoms with Crippen LogP contribution in [0.3, 0.4) is 0 Å². The molecule has 0 amide bonds. The number of allylic oxidation sites excluding steroid dienone is 8. The van der Waals surface area contributed by atoms with Crippen molar-refractivity contribution < 1.29 is 76.9 Å². The molecule has 16 heteroatoms. The number of phenols is 2. The molecular formula is C77H92O16. The Bertz CT molecular complexity index is 3730. The topological polar surface area (TPSA) is 217 Å². The summed E-state index contributed by atoms with van der Waals surface area (Å²) in [6, 6.07) is 0. The number of fused-ring (bicyclic) bond motifs is 6. The van der Waals surface area contributed by atoms with E-state index in [9.17, 15) is 39.0 Å². The average molecular weight is 1270 g/mol. The summed E-state index contributed by atoms with van der Waals surface area (Å²) in [5.74, 6) is 1.18. The van der Waals surface area contributed by atoms with Crippen molar-refractivity contribution >= 4 is 36.1 Å². The molecule has 18 aliphatic rings. The number of carbonyl (C=O) groups is 6. The molecule has 10 fully saturated rings. The second kappa shape index (κ2) is 19.7. The van der Waals surface area contributed by atoms with E-state index < -0.39 is 56.6 Å². The van der Waals surface area contributed by atoms with Crippen molar-refractivity contribution in [2.45, 2.75) is 239 Å². The molecule has 6 heterocycles. The summed E-state index contributed by atoms with van der Waals surface area (Å²) in [6.07, 6.45) is 17.0. The van der Waals surface area contributed by atoms with Gasteiger partial charge < -0.3 is 48.1 Å². The molecule has 8 saturated carbocycles. The van der Waals surface area contributed by atoms with Gasteiger partial charge in [0.25, 0.3) is 12.9 Å². The van der Waals surface area contributed by atoms with Gasteiger partial charge in [-0.2, -0.15) is 0 Å². The first kappa shape index (κ1) is 63.6. The Kier molecular flexibility index (Phi) is 13.5. The third kappa shape index (κ3) is 7.57. The first-order valence-electron chi connectivity index (χ1n) is 33.5. The zero-order chi connectivity index (χ0) is 65.9. The molecule has 12 aliphatic carbocycles. The van der Waals surface area contributed by atoms with Crippen molar-refractivity contribution in [1.82, 2.24) is 0 Å². The van der Waals surface area contributed by atoms with E-state index in [4.69, 9.17) is 37.9 Å². The summed E-state index contributed by atoms with van der Waals surface area (Å²) in [5.41, 5.74) is -1.95. The average Bonchev–Trinajstić information content (AvgIpc) is 1.65. The molecule has 10 unspecified atom stereocenters. The highest BCUT2D eigenvalue weighted by Gasteiger charge is 2.84. The van der Waals surface area contributed by atoms with Gasteiger partial charge in [-0.15, -0.1) is 0 Å². The maximum absolute atomic E-state index is 15.0. The van der Waals surface area contributed by atoms with Crippen molar-refractivity contribution in [3.63, 3.8) is 0 Å². The van der Waals surface area contributed by atoms with Crippen LogP contribution in [0.1, 0.15) is 224 Å². The number of hydrogen-bond donors (Lipinski definition) is 2. The van der Waals surface area contributed by atoms with Gasteiger partial charge in [0, 0.05) is 93.6 Å². The molecule has 20 rings (SSSR count). The third-order valence-electron chi connectivity index (χ3n) is 26.1. The van der Waals surface area contributed by atoms with E-state index in [-0.39, 0.29) is 112 Å². The minimum atomic E-state index is -1.52. The first-order valence-corrected chi connectivity index (χ1v) is 33.5. The Morgan fingerprint density at radius 2 is 0.903 bits per heavy atom. The van der Waals surface area contributed by atoms with Crippen LogP contribution in [0.15, 0.2) is 70.3 Å². The molecular weight excluding hydrogens is 1180 g/mol. The number of benzene rings is 2. The summed E-state index contributed by atoms with van der Waals surface area (Å²) in [6.45, 7) is 33.5. The lowest BCUT2D eigenvalue weighted by Crippen LogP contribution is -2.72. The predicted molar refractivity (Wildman–Crippen MR) is 344 cm³/mol. The molecule has 2 saturated heterocycles. The summed E-state index contributed by atoms with van der Waals surface area (Å²) >= 11 is 0. The van der Waals surface area contributed by atoms with Gasteiger partial charge >= 0.3 is 0 Å². The Hall–Kier alpha value is -6.78. The number of ether oxygens (including phenoxy) is 8. The highest BCUT2D eigenvalue weighted by Crippen LogP contribution is 2.79. The van der Waals surface area contributed by atoms with Gasteiger partial charge in [-0.25, -0.2) is 0 Å². The fourth-order valence-electron chi connectivity index (χ4n) is 22.7. The van der Waals surface area contributed by atoms with E-state index in [2.05, 4.69) is 53.7 Å². The zero-order valence-electron chi connectivity index (χ0n) is 56.1.